The molecule has 6 heteroatoms. The van der Waals surface area contributed by atoms with Gasteiger partial charge < -0.3 is 14.4 Å². The Hall–Kier alpha value is -2.17. The van der Waals surface area contributed by atoms with Gasteiger partial charge in [0, 0.05) is 13.1 Å². The number of carbonyl (C=O) groups is 1. The Morgan fingerprint density at radius 3 is 2.52 bits per heavy atom. The molecule has 1 heterocycles. The number of morpholine rings is 1. The van der Waals surface area contributed by atoms with E-state index in [-0.39, 0.29) is 12.5 Å². The third-order valence-electron chi connectivity index (χ3n) is 3.32. The Labute approximate surface area is 123 Å². The number of aryl methyl sites for hydroxylation is 2. The summed E-state index contributed by atoms with van der Waals surface area (Å²) < 4.78 is 10.9. The lowest BCUT2D eigenvalue weighted by molar-refractivity contribution is -0.137. The summed E-state index contributed by atoms with van der Waals surface area (Å²) in [7, 11) is 0. The lowest BCUT2D eigenvalue weighted by Crippen LogP contribution is -2.43. The predicted octanol–water partition coefficient (Wildman–Crippen LogP) is 1.51. The van der Waals surface area contributed by atoms with Gasteiger partial charge >= 0.3 is 0 Å². The van der Waals surface area contributed by atoms with Crippen molar-refractivity contribution in [2.24, 2.45) is 4.99 Å². The molecule has 1 fully saturated rings. The molecule has 0 unspecified atom stereocenters. The summed E-state index contributed by atoms with van der Waals surface area (Å²) in [6.45, 7) is 6.05. The molecule has 0 atom stereocenters. The Morgan fingerprint density at radius 1 is 1.33 bits per heavy atom. The van der Waals surface area contributed by atoms with Crippen LogP contribution in [-0.4, -0.2) is 49.8 Å². The van der Waals surface area contributed by atoms with E-state index in [4.69, 9.17) is 9.47 Å². The molecule has 1 saturated heterocycles. The smallest absolute Gasteiger partial charge is 0.260 e. The van der Waals surface area contributed by atoms with Crippen LogP contribution in [0.15, 0.2) is 17.1 Å². The first-order valence-electron chi connectivity index (χ1n) is 6.79. The Bertz CT molecular complexity index is 550. The maximum atomic E-state index is 12.0. The zero-order valence-corrected chi connectivity index (χ0v) is 12.2. The predicted molar refractivity (Wildman–Crippen MR) is 76.6 cm³/mol. The molecule has 0 bridgehead atoms. The Balaban J connectivity index is 2.02. The van der Waals surface area contributed by atoms with Crippen LogP contribution in [0.5, 0.6) is 5.75 Å². The monoisotopic (exact) mass is 290 g/mol. The number of hydrogen-bond donors (Lipinski definition) is 0. The minimum Gasteiger partial charge on any atom is -0.483 e. The molecule has 1 amide bonds. The lowest BCUT2D eigenvalue weighted by atomic mass is 10.1. The number of benzene rings is 1. The van der Waals surface area contributed by atoms with Gasteiger partial charge in [0.05, 0.1) is 18.9 Å². The summed E-state index contributed by atoms with van der Waals surface area (Å²) in [6, 6.07) is 3.46. The molecule has 0 aliphatic carbocycles. The van der Waals surface area contributed by atoms with Crippen LogP contribution in [-0.2, 0) is 14.3 Å². The third-order valence-corrected chi connectivity index (χ3v) is 3.32. The molecule has 21 heavy (non-hydrogen) atoms. The largest absolute Gasteiger partial charge is 0.483 e. The SMILES string of the molecule is Cc1cc(N=C=O)cc(C)c1OCC(=O)N1CCOCC1. The van der Waals surface area contributed by atoms with Gasteiger partial charge in [-0.25, -0.2) is 4.79 Å². The standard InChI is InChI=1S/C15H18N2O4/c1-11-7-13(16-10-18)8-12(2)15(11)21-9-14(19)17-3-5-20-6-4-17/h7-8H,3-6,9H2,1-2H3. The fourth-order valence-electron chi connectivity index (χ4n) is 2.31. The summed E-state index contributed by atoms with van der Waals surface area (Å²) in [5.41, 5.74) is 2.20. The molecule has 0 aromatic heterocycles. The van der Waals surface area contributed by atoms with Gasteiger partial charge in [0.1, 0.15) is 5.75 Å². The normalized spacial score (nSPS) is 14.5. The van der Waals surface area contributed by atoms with E-state index in [9.17, 15) is 9.59 Å². The number of hydrogen-bond acceptors (Lipinski definition) is 5. The average molecular weight is 290 g/mol. The van der Waals surface area contributed by atoms with E-state index in [1.807, 2.05) is 13.8 Å². The number of rotatable bonds is 4. The molecule has 1 aliphatic rings. The fourth-order valence-corrected chi connectivity index (χ4v) is 2.31. The van der Waals surface area contributed by atoms with Crippen molar-refractivity contribution in [1.29, 1.82) is 0 Å². The highest BCUT2D eigenvalue weighted by Gasteiger charge is 2.18. The van der Waals surface area contributed by atoms with Gasteiger partial charge in [0.25, 0.3) is 5.91 Å². The summed E-state index contributed by atoms with van der Waals surface area (Å²) in [4.78, 5) is 27.7. The number of nitrogens with zero attached hydrogens (tertiary/aromatic N) is 2. The molecule has 6 nitrogen and oxygen atoms in total. The van der Waals surface area contributed by atoms with E-state index in [0.29, 0.717) is 37.7 Å². The lowest BCUT2D eigenvalue weighted by Gasteiger charge is -2.27. The van der Waals surface area contributed by atoms with Gasteiger partial charge in [-0.2, -0.15) is 4.99 Å². The molecule has 0 radical (unpaired) electrons. The number of carbonyl (C=O) groups excluding carboxylic acids is 2. The first-order valence-corrected chi connectivity index (χ1v) is 6.79. The molecule has 1 aliphatic heterocycles. The summed E-state index contributed by atoms with van der Waals surface area (Å²) >= 11 is 0. The van der Waals surface area contributed by atoms with Gasteiger partial charge in [-0.1, -0.05) is 0 Å². The van der Waals surface area contributed by atoms with Crippen molar-refractivity contribution in [3.8, 4) is 5.75 Å². The second-order valence-electron chi connectivity index (χ2n) is 4.89. The first kappa shape index (κ1) is 15.2. The molecule has 0 N–H and O–H groups in total. The summed E-state index contributed by atoms with van der Waals surface area (Å²) in [5, 5.41) is 0. The van der Waals surface area contributed by atoms with E-state index >= 15 is 0 Å². The third kappa shape index (κ3) is 3.90. The van der Waals surface area contributed by atoms with Crippen LogP contribution in [0.3, 0.4) is 0 Å². The minimum atomic E-state index is -0.0490. The van der Waals surface area contributed by atoms with Gasteiger partial charge in [-0.3, -0.25) is 4.79 Å². The van der Waals surface area contributed by atoms with Gasteiger partial charge in [0.15, 0.2) is 6.61 Å². The van der Waals surface area contributed by atoms with E-state index in [0.717, 1.165) is 11.1 Å². The topological polar surface area (TPSA) is 68.2 Å². The first-order chi connectivity index (χ1) is 10.1. The molecule has 2 rings (SSSR count). The molecular formula is C15H18N2O4. The van der Waals surface area contributed by atoms with Gasteiger partial charge in [-0.15, -0.1) is 0 Å². The van der Waals surface area contributed by atoms with Gasteiger partial charge in [0.2, 0.25) is 6.08 Å². The van der Waals surface area contributed by atoms with Crippen molar-refractivity contribution >= 4 is 17.7 Å². The van der Waals surface area contributed by atoms with Crippen LogP contribution in [0.4, 0.5) is 5.69 Å². The van der Waals surface area contributed by atoms with Crippen molar-refractivity contribution in [3.63, 3.8) is 0 Å². The zero-order chi connectivity index (χ0) is 15.2. The van der Waals surface area contributed by atoms with E-state index < -0.39 is 0 Å². The van der Waals surface area contributed by atoms with Crippen LogP contribution < -0.4 is 4.74 Å². The van der Waals surface area contributed by atoms with Crippen LogP contribution in [0.2, 0.25) is 0 Å². The Morgan fingerprint density at radius 2 is 1.95 bits per heavy atom. The number of isocyanates is 1. The summed E-state index contributed by atoms with van der Waals surface area (Å²) in [6.07, 6.45) is 1.51. The molecule has 112 valence electrons. The van der Waals surface area contributed by atoms with Crippen molar-refractivity contribution in [2.45, 2.75) is 13.8 Å². The van der Waals surface area contributed by atoms with E-state index in [1.165, 1.54) is 6.08 Å². The number of ether oxygens (including phenoxy) is 2. The van der Waals surface area contributed by atoms with Crippen molar-refractivity contribution in [2.75, 3.05) is 32.9 Å². The highest BCUT2D eigenvalue weighted by Crippen LogP contribution is 2.28. The number of amides is 1. The molecule has 1 aromatic rings. The van der Waals surface area contributed by atoms with Crippen molar-refractivity contribution in [3.05, 3.63) is 23.3 Å². The highest BCUT2D eigenvalue weighted by atomic mass is 16.5. The van der Waals surface area contributed by atoms with E-state index in [2.05, 4.69) is 4.99 Å². The second-order valence-corrected chi connectivity index (χ2v) is 4.89. The molecule has 1 aromatic carbocycles. The zero-order valence-electron chi connectivity index (χ0n) is 12.2. The van der Waals surface area contributed by atoms with Crippen LogP contribution in [0.25, 0.3) is 0 Å². The minimum absolute atomic E-state index is 0.00201. The molecule has 0 saturated carbocycles. The average Bonchev–Trinajstić information content (AvgIpc) is 2.47. The van der Waals surface area contributed by atoms with Crippen molar-refractivity contribution in [1.82, 2.24) is 4.90 Å². The van der Waals surface area contributed by atoms with Crippen molar-refractivity contribution < 1.29 is 19.1 Å². The van der Waals surface area contributed by atoms with E-state index in [1.54, 1.807) is 17.0 Å². The highest BCUT2D eigenvalue weighted by molar-refractivity contribution is 5.78. The van der Waals surface area contributed by atoms with Gasteiger partial charge in [-0.05, 0) is 37.1 Å². The second kappa shape index (κ2) is 7.02. The van der Waals surface area contributed by atoms with Crippen LogP contribution >= 0.6 is 0 Å². The maximum absolute atomic E-state index is 12.0. The number of aliphatic imine (C=N–C) groups is 1. The summed E-state index contributed by atoms with van der Waals surface area (Å²) in [5.74, 6) is 0.605. The molecule has 0 spiro atoms. The quantitative estimate of drug-likeness (QED) is 0.622. The van der Waals surface area contributed by atoms with Crippen LogP contribution in [0.1, 0.15) is 11.1 Å². The maximum Gasteiger partial charge on any atom is 0.260 e. The fraction of sp³-hybridized carbons (Fsp3) is 0.467. The molecular weight excluding hydrogens is 272 g/mol. The Kier molecular flexibility index (Phi) is 5.09. The van der Waals surface area contributed by atoms with Crippen LogP contribution in [0, 0.1) is 13.8 Å².